The summed E-state index contributed by atoms with van der Waals surface area (Å²) >= 11 is 0. The first-order valence-corrected chi connectivity index (χ1v) is 8.34. The smallest absolute Gasteiger partial charge is 0.257 e. The maximum Gasteiger partial charge on any atom is 0.257 e. The van der Waals surface area contributed by atoms with Gasteiger partial charge in [-0.05, 0) is 43.5 Å². The Hall–Kier alpha value is -1.60. The summed E-state index contributed by atoms with van der Waals surface area (Å²) in [6, 6.07) is 3.12. The van der Waals surface area contributed by atoms with Crippen LogP contribution in [0.3, 0.4) is 0 Å². The number of benzene rings is 1. The van der Waals surface area contributed by atoms with Crippen molar-refractivity contribution in [1.29, 1.82) is 0 Å². The molecule has 0 aliphatic heterocycles. The lowest BCUT2D eigenvalue weighted by Gasteiger charge is -2.12. The Labute approximate surface area is 125 Å². The average Bonchev–Trinajstić information content (AvgIpc) is 2.34. The van der Waals surface area contributed by atoms with Crippen LogP contribution >= 0.6 is 0 Å². The van der Waals surface area contributed by atoms with Crippen molar-refractivity contribution in [2.24, 2.45) is 5.14 Å². The fourth-order valence-corrected chi connectivity index (χ4v) is 3.06. The molecule has 1 aromatic carbocycles. The number of carbonyl (C=O) groups is 1. The SMILES string of the molecule is CCCCNC(=O)COc1cc(C)c(S(N)(=O)=O)c(C)c1. The summed E-state index contributed by atoms with van der Waals surface area (Å²) in [7, 11) is -3.76. The van der Waals surface area contributed by atoms with Crippen molar-refractivity contribution in [1.82, 2.24) is 5.32 Å². The predicted molar refractivity (Wildman–Crippen MR) is 80.7 cm³/mol. The Morgan fingerprint density at radius 2 is 1.86 bits per heavy atom. The second kappa shape index (κ2) is 7.42. The number of nitrogens with one attached hydrogen (secondary N) is 1. The van der Waals surface area contributed by atoms with E-state index in [1.165, 1.54) is 0 Å². The molecule has 0 radical (unpaired) electrons. The van der Waals surface area contributed by atoms with E-state index in [2.05, 4.69) is 5.32 Å². The lowest BCUT2D eigenvalue weighted by molar-refractivity contribution is -0.123. The normalized spacial score (nSPS) is 11.2. The van der Waals surface area contributed by atoms with E-state index in [0.717, 1.165) is 12.8 Å². The van der Waals surface area contributed by atoms with Gasteiger partial charge in [-0.15, -0.1) is 0 Å². The number of nitrogens with two attached hydrogens (primary N) is 1. The molecule has 6 nitrogen and oxygen atoms in total. The van der Waals surface area contributed by atoms with Crippen LogP contribution in [0.5, 0.6) is 5.75 Å². The van der Waals surface area contributed by atoms with Crippen LogP contribution < -0.4 is 15.2 Å². The largest absolute Gasteiger partial charge is 0.484 e. The number of rotatable bonds is 7. The number of hydrogen-bond donors (Lipinski definition) is 2. The van der Waals surface area contributed by atoms with Crippen LogP contribution in [0.1, 0.15) is 30.9 Å². The van der Waals surface area contributed by atoms with Crippen LogP contribution in [0.4, 0.5) is 0 Å². The zero-order chi connectivity index (χ0) is 16.0. The van der Waals surface area contributed by atoms with Gasteiger partial charge < -0.3 is 10.1 Å². The summed E-state index contributed by atoms with van der Waals surface area (Å²) in [5, 5.41) is 7.90. The Balaban J connectivity index is 2.72. The highest BCUT2D eigenvalue weighted by Gasteiger charge is 2.16. The molecule has 0 saturated carbocycles. The van der Waals surface area contributed by atoms with Gasteiger partial charge in [-0.3, -0.25) is 4.79 Å². The van der Waals surface area contributed by atoms with E-state index in [-0.39, 0.29) is 17.4 Å². The van der Waals surface area contributed by atoms with Crippen LogP contribution in [0.2, 0.25) is 0 Å². The van der Waals surface area contributed by atoms with E-state index in [0.29, 0.717) is 23.4 Å². The maximum absolute atomic E-state index is 11.5. The molecule has 7 heteroatoms. The number of carbonyl (C=O) groups excluding carboxylic acids is 1. The molecule has 0 unspecified atom stereocenters. The number of ether oxygens (including phenoxy) is 1. The van der Waals surface area contributed by atoms with E-state index in [1.807, 2.05) is 6.92 Å². The first kappa shape index (κ1) is 17.5. The molecule has 1 aromatic rings. The summed E-state index contributed by atoms with van der Waals surface area (Å²) in [5.41, 5.74) is 0.998. The molecule has 0 fully saturated rings. The van der Waals surface area contributed by atoms with E-state index in [9.17, 15) is 13.2 Å². The molecule has 0 saturated heterocycles. The topological polar surface area (TPSA) is 98.5 Å². The maximum atomic E-state index is 11.5. The van der Waals surface area contributed by atoms with Gasteiger partial charge in [0.25, 0.3) is 5.91 Å². The van der Waals surface area contributed by atoms with Crippen LogP contribution in [-0.2, 0) is 14.8 Å². The third-order valence-corrected chi connectivity index (χ3v) is 4.15. The predicted octanol–water partition coefficient (Wildman–Crippen LogP) is 1.25. The van der Waals surface area contributed by atoms with Gasteiger partial charge in [-0.25, -0.2) is 13.6 Å². The molecule has 1 rings (SSSR count). The number of primary sulfonamides is 1. The molecular formula is C14H22N2O4S. The molecule has 21 heavy (non-hydrogen) atoms. The van der Waals surface area contributed by atoms with Gasteiger partial charge >= 0.3 is 0 Å². The quantitative estimate of drug-likeness (QED) is 0.740. The van der Waals surface area contributed by atoms with E-state index < -0.39 is 10.0 Å². The van der Waals surface area contributed by atoms with Gasteiger partial charge in [-0.2, -0.15) is 0 Å². The van der Waals surface area contributed by atoms with Crippen LogP contribution in [0.15, 0.2) is 17.0 Å². The van der Waals surface area contributed by atoms with Gasteiger partial charge in [-0.1, -0.05) is 13.3 Å². The summed E-state index contributed by atoms with van der Waals surface area (Å²) < 4.78 is 28.3. The Kier molecular flexibility index (Phi) is 6.17. The summed E-state index contributed by atoms with van der Waals surface area (Å²) in [5.74, 6) is 0.248. The summed E-state index contributed by atoms with van der Waals surface area (Å²) in [6.45, 7) is 5.85. The zero-order valence-electron chi connectivity index (χ0n) is 12.6. The zero-order valence-corrected chi connectivity index (χ0v) is 13.4. The highest BCUT2D eigenvalue weighted by Crippen LogP contribution is 2.24. The number of aryl methyl sites for hydroxylation is 2. The third-order valence-electron chi connectivity index (χ3n) is 2.94. The lowest BCUT2D eigenvalue weighted by Crippen LogP contribution is -2.29. The first-order valence-electron chi connectivity index (χ1n) is 6.79. The molecule has 0 bridgehead atoms. The Morgan fingerprint density at radius 3 is 2.33 bits per heavy atom. The van der Waals surface area contributed by atoms with Gasteiger partial charge in [0.1, 0.15) is 5.75 Å². The minimum absolute atomic E-state index is 0.0993. The molecule has 118 valence electrons. The molecule has 0 aromatic heterocycles. The third kappa shape index (κ3) is 5.35. The summed E-state index contributed by atoms with van der Waals surface area (Å²) in [4.78, 5) is 11.6. The van der Waals surface area contributed by atoms with Gasteiger partial charge in [0.2, 0.25) is 10.0 Å². The fraction of sp³-hybridized carbons (Fsp3) is 0.500. The van der Waals surface area contributed by atoms with Crippen molar-refractivity contribution in [3.05, 3.63) is 23.3 Å². The fourth-order valence-electron chi connectivity index (χ4n) is 2.05. The van der Waals surface area contributed by atoms with E-state index in [4.69, 9.17) is 9.88 Å². The monoisotopic (exact) mass is 314 g/mol. The number of unbranched alkanes of at least 4 members (excludes halogenated alkanes) is 1. The number of hydrogen-bond acceptors (Lipinski definition) is 4. The van der Waals surface area contributed by atoms with Crippen molar-refractivity contribution in [3.8, 4) is 5.75 Å². The average molecular weight is 314 g/mol. The van der Waals surface area contributed by atoms with Crippen molar-refractivity contribution >= 4 is 15.9 Å². The van der Waals surface area contributed by atoms with Crippen molar-refractivity contribution in [2.45, 2.75) is 38.5 Å². The first-order chi connectivity index (χ1) is 9.75. The minimum Gasteiger partial charge on any atom is -0.484 e. The molecule has 0 aliphatic carbocycles. The number of amides is 1. The molecule has 0 spiro atoms. The van der Waals surface area contributed by atoms with Gasteiger partial charge in [0.15, 0.2) is 6.61 Å². The van der Waals surface area contributed by atoms with Crippen molar-refractivity contribution in [2.75, 3.05) is 13.2 Å². The van der Waals surface area contributed by atoms with E-state index >= 15 is 0 Å². The molecule has 0 aliphatic rings. The van der Waals surface area contributed by atoms with Crippen molar-refractivity contribution < 1.29 is 17.9 Å². The molecule has 3 N–H and O–H groups in total. The van der Waals surface area contributed by atoms with Crippen LogP contribution in [-0.4, -0.2) is 27.5 Å². The van der Waals surface area contributed by atoms with Gasteiger partial charge in [0.05, 0.1) is 4.90 Å². The highest BCUT2D eigenvalue weighted by atomic mass is 32.2. The van der Waals surface area contributed by atoms with Crippen molar-refractivity contribution in [3.63, 3.8) is 0 Å². The molecule has 1 amide bonds. The highest BCUT2D eigenvalue weighted by molar-refractivity contribution is 7.89. The minimum atomic E-state index is -3.76. The second-order valence-corrected chi connectivity index (χ2v) is 6.42. The standard InChI is InChI=1S/C14H22N2O4S/c1-4-5-6-16-13(17)9-20-12-7-10(2)14(11(3)8-12)21(15,18)19/h7-8H,4-6,9H2,1-3H3,(H,16,17)(H2,15,18,19). The summed E-state index contributed by atoms with van der Waals surface area (Å²) in [6.07, 6.45) is 1.93. The van der Waals surface area contributed by atoms with Crippen LogP contribution in [0, 0.1) is 13.8 Å². The van der Waals surface area contributed by atoms with Gasteiger partial charge in [0, 0.05) is 6.54 Å². The lowest BCUT2D eigenvalue weighted by atomic mass is 10.1. The molecule has 0 atom stereocenters. The van der Waals surface area contributed by atoms with Crippen LogP contribution in [0.25, 0.3) is 0 Å². The molecular weight excluding hydrogens is 292 g/mol. The number of sulfonamides is 1. The Bertz CT molecular complexity index is 588. The molecule has 0 heterocycles. The second-order valence-electron chi connectivity index (χ2n) is 4.92. The Morgan fingerprint density at radius 1 is 1.29 bits per heavy atom. The van der Waals surface area contributed by atoms with E-state index in [1.54, 1.807) is 26.0 Å².